The Bertz CT molecular complexity index is 750. The number of amides is 1. The molecule has 1 aromatic rings. The van der Waals surface area contributed by atoms with Gasteiger partial charge in [-0.3, -0.25) is 4.79 Å². The number of rotatable bonds is 4. The van der Waals surface area contributed by atoms with E-state index in [0.29, 0.717) is 6.61 Å². The van der Waals surface area contributed by atoms with Crippen molar-refractivity contribution in [3.8, 4) is 0 Å². The molecule has 0 spiro atoms. The van der Waals surface area contributed by atoms with Crippen molar-refractivity contribution in [1.82, 2.24) is 10.0 Å². The molecular weight excluding hydrogens is 360 g/mol. The van der Waals surface area contributed by atoms with Gasteiger partial charge in [-0.25, -0.2) is 13.1 Å². The predicted molar refractivity (Wildman–Crippen MR) is 96.4 cm³/mol. The first-order valence-electron chi connectivity index (χ1n) is 8.94. The molecular formula is C17H24N2O4S2. The topological polar surface area (TPSA) is 84.5 Å². The number of nitrogens with one attached hydrogen (secondary N) is 2. The standard InChI is InChI=1S/C17H24N2O4S2/c1-25(21,22)19-15-14(11-7-8-23-16(11)15)18-17(20)13-9-10-5-3-2-4-6-12(10)24-13/h9,11,14-16,19H,2-8H2,1H3,(H,18,20)/t11-,14+,15-,16-/m1/s1. The maximum absolute atomic E-state index is 12.7. The van der Waals surface area contributed by atoms with Crippen LogP contribution in [-0.4, -0.2) is 45.4 Å². The number of fused-ring (bicyclic) bond motifs is 2. The highest BCUT2D eigenvalue weighted by Gasteiger charge is 2.55. The average Bonchev–Trinajstić information content (AvgIpc) is 3.09. The molecule has 8 heteroatoms. The highest BCUT2D eigenvalue weighted by atomic mass is 32.2. The normalized spacial score (nSPS) is 31.6. The Kier molecular flexibility index (Phi) is 4.64. The van der Waals surface area contributed by atoms with Gasteiger partial charge < -0.3 is 10.1 Å². The molecule has 138 valence electrons. The molecule has 1 saturated carbocycles. The lowest BCUT2D eigenvalue weighted by Gasteiger charge is -2.47. The van der Waals surface area contributed by atoms with Gasteiger partial charge in [-0.15, -0.1) is 11.3 Å². The summed E-state index contributed by atoms with van der Waals surface area (Å²) < 4.78 is 31.5. The highest BCUT2D eigenvalue weighted by molar-refractivity contribution is 7.88. The monoisotopic (exact) mass is 384 g/mol. The summed E-state index contributed by atoms with van der Waals surface area (Å²) in [6, 6.07) is 1.46. The van der Waals surface area contributed by atoms with Crippen LogP contribution < -0.4 is 10.0 Å². The summed E-state index contributed by atoms with van der Waals surface area (Å²) in [5, 5.41) is 3.07. The maximum Gasteiger partial charge on any atom is 0.261 e. The van der Waals surface area contributed by atoms with Crippen LogP contribution in [0, 0.1) is 5.92 Å². The maximum atomic E-state index is 12.7. The number of hydrogen-bond donors (Lipinski definition) is 2. The van der Waals surface area contributed by atoms with Crippen LogP contribution in [0.1, 0.15) is 45.8 Å². The molecule has 0 unspecified atom stereocenters. The van der Waals surface area contributed by atoms with Crippen molar-refractivity contribution >= 4 is 27.3 Å². The zero-order valence-electron chi connectivity index (χ0n) is 14.3. The van der Waals surface area contributed by atoms with Crippen LogP contribution in [0.2, 0.25) is 0 Å². The summed E-state index contributed by atoms with van der Waals surface area (Å²) in [7, 11) is -3.34. The molecule has 1 aromatic heterocycles. The minimum Gasteiger partial charge on any atom is -0.376 e. The Hall–Kier alpha value is -0.960. The SMILES string of the molecule is CS(=O)(=O)N[C@@H]1[C@@H](NC(=O)c2cc3c(s2)CCCCC3)[C@H]2CCO[C@H]21. The molecule has 6 nitrogen and oxygen atoms in total. The van der Waals surface area contributed by atoms with E-state index in [1.54, 1.807) is 11.3 Å². The third-order valence-corrected chi connectivity index (χ3v) is 7.44. The van der Waals surface area contributed by atoms with Gasteiger partial charge in [-0.2, -0.15) is 0 Å². The van der Waals surface area contributed by atoms with Crippen molar-refractivity contribution in [3.63, 3.8) is 0 Å². The highest BCUT2D eigenvalue weighted by Crippen LogP contribution is 2.40. The van der Waals surface area contributed by atoms with Gasteiger partial charge in [0.05, 0.1) is 29.3 Å². The molecule has 1 aliphatic heterocycles. The number of carbonyl (C=O) groups is 1. The van der Waals surface area contributed by atoms with E-state index in [0.717, 1.165) is 30.4 Å². The van der Waals surface area contributed by atoms with E-state index in [2.05, 4.69) is 10.0 Å². The van der Waals surface area contributed by atoms with E-state index in [9.17, 15) is 13.2 Å². The van der Waals surface area contributed by atoms with Gasteiger partial charge in [0.1, 0.15) is 0 Å². The van der Waals surface area contributed by atoms with Crippen molar-refractivity contribution in [2.75, 3.05) is 12.9 Å². The third kappa shape index (κ3) is 3.49. The van der Waals surface area contributed by atoms with E-state index >= 15 is 0 Å². The average molecular weight is 385 g/mol. The summed E-state index contributed by atoms with van der Waals surface area (Å²) >= 11 is 1.59. The summed E-state index contributed by atoms with van der Waals surface area (Å²) in [5.41, 5.74) is 1.31. The molecule has 0 aromatic carbocycles. The van der Waals surface area contributed by atoms with E-state index in [4.69, 9.17) is 4.74 Å². The van der Waals surface area contributed by atoms with E-state index in [1.807, 2.05) is 6.07 Å². The van der Waals surface area contributed by atoms with Crippen LogP contribution in [0.5, 0.6) is 0 Å². The first-order chi connectivity index (χ1) is 11.9. The molecule has 2 fully saturated rings. The molecule has 0 bridgehead atoms. The summed E-state index contributed by atoms with van der Waals surface area (Å²) in [6.45, 7) is 0.622. The lowest BCUT2D eigenvalue weighted by molar-refractivity contribution is -0.0193. The summed E-state index contributed by atoms with van der Waals surface area (Å²) in [5.74, 6) is 0.106. The van der Waals surface area contributed by atoms with Gasteiger partial charge in [0.25, 0.3) is 5.91 Å². The summed E-state index contributed by atoms with van der Waals surface area (Å²) in [6.07, 6.45) is 7.64. The Labute approximate surface area is 152 Å². The van der Waals surface area contributed by atoms with Gasteiger partial charge >= 0.3 is 0 Å². The molecule has 4 atom stereocenters. The second-order valence-corrected chi connectivity index (χ2v) is 10.2. The van der Waals surface area contributed by atoms with Gasteiger partial charge in [-0.05, 0) is 43.7 Å². The largest absolute Gasteiger partial charge is 0.376 e. The lowest BCUT2D eigenvalue weighted by atomic mass is 9.72. The second kappa shape index (κ2) is 6.64. The molecule has 0 radical (unpaired) electrons. The van der Waals surface area contributed by atoms with Gasteiger partial charge in [0.15, 0.2) is 0 Å². The molecule has 1 saturated heterocycles. The Morgan fingerprint density at radius 3 is 2.84 bits per heavy atom. The quantitative estimate of drug-likeness (QED) is 0.770. The van der Waals surface area contributed by atoms with Crippen LogP contribution in [0.15, 0.2) is 6.07 Å². The smallest absolute Gasteiger partial charge is 0.261 e. The number of hydrogen-bond acceptors (Lipinski definition) is 5. The fourth-order valence-electron chi connectivity index (χ4n) is 4.29. The molecule has 4 rings (SSSR count). The van der Waals surface area contributed by atoms with E-state index in [-0.39, 0.29) is 30.0 Å². The fraction of sp³-hybridized carbons (Fsp3) is 0.706. The number of ether oxygens (including phenoxy) is 1. The van der Waals surface area contributed by atoms with Crippen LogP contribution in [-0.2, 0) is 27.6 Å². The summed E-state index contributed by atoms with van der Waals surface area (Å²) in [4.78, 5) is 14.8. The fourth-order valence-corrected chi connectivity index (χ4v) is 6.23. The molecule has 3 aliphatic rings. The first kappa shape index (κ1) is 17.5. The second-order valence-electron chi connectivity index (χ2n) is 7.32. The van der Waals surface area contributed by atoms with Crippen molar-refractivity contribution in [1.29, 1.82) is 0 Å². The zero-order valence-corrected chi connectivity index (χ0v) is 15.9. The van der Waals surface area contributed by atoms with Crippen molar-refractivity contribution < 1.29 is 17.9 Å². The molecule has 2 heterocycles. The van der Waals surface area contributed by atoms with Crippen molar-refractivity contribution in [2.45, 2.75) is 56.7 Å². The Morgan fingerprint density at radius 1 is 1.24 bits per heavy atom. The zero-order chi connectivity index (χ0) is 17.6. The molecule has 2 N–H and O–H groups in total. The number of aryl methyl sites for hydroxylation is 2. The number of sulfonamides is 1. The minimum atomic E-state index is -3.34. The van der Waals surface area contributed by atoms with Gasteiger partial charge in [-0.1, -0.05) is 6.42 Å². The van der Waals surface area contributed by atoms with Crippen LogP contribution in [0.25, 0.3) is 0 Å². The van der Waals surface area contributed by atoms with Crippen LogP contribution >= 0.6 is 11.3 Å². The molecule has 25 heavy (non-hydrogen) atoms. The van der Waals surface area contributed by atoms with Gasteiger partial charge in [0, 0.05) is 17.4 Å². The van der Waals surface area contributed by atoms with E-state index < -0.39 is 10.0 Å². The van der Waals surface area contributed by atoms with Crippen LogP contribution in [0.3, 0.4) is 0 Å². The number of thiophene rings is 1. The minimum absolute atomic E-state index is 0.0891. The first-order valence-corrected chi connectivity index (χ1v) is 11.6. The molecule has 2 aliphatic carbocycles. The Morgan fingerprint density at radius 2 is 2.04 bits per heavy atom. The lowest BCUT2D eigenvalue weighted by Crippen LogP contribution is -2.70. The predicted octanol–water partition coefficient (Wildman–Crippen LogP) is 1.45. The van der Waals surface area contributed by atoms with Gasteiger partial charge in [0.2, 0.25) is 10.0 Å². The van der Waals surface area contributed by atoms with Crippen molar-refractivity contribution in [2.24, 2.45) is 5.92 Å². The Balaban J connectivity index is 1.48. The van der Waals surface area contributed by atoms with Crippen LogP contribution in [0.4, 0.5) is 0 Å². The third-order valence-electron chi connectivity index (χ3n) is 5.50. The molecule has 1 amide bonds. The van der Waals surface area contributed by atoms with Crippen molar-refractivity contribution in [3.05, 3.63) is 21.4 Å². The number of carbonyl (C=O) groups excluding carboxylic acids is 1. The van der Waals surface area contributed by atoms with E-state index in [1.165, 1.54) is 29.7 Å².